The third kappa shape index (κ3) is 4.00. The molecule has 0 saturated carbocycles. The summed E-state index contributed by atoms with van der Waals surface area (Å²) in [6, 6.07) is 7.79. The van der Waals surface area contributed by atoms with Gasteiger partial charge in [0.1, 0.15) is 6.61 Å². The quantitative estimate of drug-likeness (QED) is 0.571. The number of esters is 1. The molecule has 0 aliphatic rings. The fourth-order valence-electron chi connectivity index (χ4n) is 1.64. The third-order valence-corrected chi connectivity index (χ3v) is 2.74. The molecular formula is C15H21NO2. The van der Waals surface area contributed by atoms with E-state index in [1.54, 1.807) is 0 Å². The number of hydrogen-bond donors (Lipinski definition) is 0. The van der Waals surface area contributed by atoms with Gasteiger partial charge in [0.05, 0.1) is 5.57 Å². The molecule has 0 amide bonds. The highest BCUT2D eigenvalue weighted by atomic mass is 16.5. The Balaban J connectivity index is 2.66. The maximum atomic E-state index is 11.9. The molecule has 0 bridgehead atoms. The lowest BCUT2D eigenvalue weighted by atomic mass is 9.99. The number of likely N-dealkylation sites (N-methyl/N-ethyl adjacent to an activating group) is 1. The molecule has 98 valence electrons. The Hall–Kier alpha value is -1.61. The Kier molecular flexibility index (Phi) is 5.59. The van der Waals surface area contributed by atoms with E-state index in [2.05, 4.69) is 13.5 Å². The Morgan fingerprint density at radius 2 is 2.00 bits per heavy atom. The number of nitrogens with zero attached hydrogens (tertiary/aromatic N) is 1. The van der Waals surface area contributed by atoms with Gasteiger partial charge in [-0.25, -0.2) is 4.79 Å². The maximum absolute atomic E-state index is 11.9. The summed E-state index contributed by atoms with van der Waals surface area (Å²) in [6.45, 7) is 7.01. The highest BCUT2D eigenvalue weighted by Gasteiger charge is 2.13. The molecule has 0 aliphatic heterocycles. The van der Waals surface area contributed by atoms with Gasteiger partial charge in [0, 0.05) is 6.54 Å². The van der Waals surface area contributed by atoms with E-state index in [1.807, 2.05) is 43.3 Å². The van der Waals surface area contributed by atoms with Gasteiger partial charge in [0.2, 0.25) is 0 Å². The summed E-state index contributed by atoms with van der Waals surface area (Å²) in [5, 5.41) is 0. The topological polar surface area (TPSA) is 29.5 Å². The van der Waals surface area contributed by atoms with Gasteiger partial charge >= 0.3 is 5.97 Å². The Morgan fingerprint density at radius 3 is 2.61 bits per heavy atom. The van der Waals surface area contributed by atoms with Crippen molar-refractivity contribution in [3.63, 3.8) is 0 Å². The molecule has 0 unspecified atom stereocenters. The van der Waals surface area contributed by atoms with E-state index >= 15 is 0 Å². The van der Waals surface area contributed by atoms with Crippen molar-refractivity contribution in [2.75, 3.05) is 27.2 Å². The second-order valence-electron chi connectivity index (χ2n) is 4.43. The fourth-order valence-corrected chi connectivity index (χ4v) is 1.64. The molecule has 0 aromatic heterocycles. The summed E-state index contributed by atoms with van der Waals surface area (Å²) in [7, 11) is 3.88. The predicted molar refractivity (Wildman–Crippen MR) is 74.4 cm³/mol. The summed E-state index contributed by atoms with van der Waals surface area (Å²) in [5.41, 5.74) is 2.44. The Morgan fingerprint density at radius 1 is 1.33 bits per heavy atom. The highest BCUT2D eigenvalue weighted by Crippen LogP contribution is 2.19. The minimum Gasteiger partial charge on any atom is -0.461 e. The van der Waals surface area contributed by atoms with Crippen molar-refractivity contribution >= 4 is 11.5 Å². The van der Waals surface area contributed by atoms with Crippen LogP contribution < -0.4 is 0 Å². The van der Waals surface area contributed by atoms with Gasteiger partial charge < -0.3 is 9.64 Å². The monoisotopic (exact) mass is 247 g/mol. The lowest BCUT2D eigenvalue weighted by Crippen LogP contribution is -2.20. The van der Waals surface area contributed by atoms with Gasteiger partial charge in [-0.15, -0.1) is 0 Å². The van der Waals surface area contributed by atoms with Gasteiger partial charge in [-0.05, 0) is 31.6 Å². The average Bonchev–Trinajstić information content (AvgIpc) is 2.37. The second kappa shape index (κ2) is 6.97. The molecule has 0 fully saturated rings. The minimum absolute atomic E-state index is 0.335. The molecule has 3 nitrogen and oxygen atoms in total. The van der Waals surface area contributed by atoms with Crippen molar-refractivity contribution in [3.05, 3.63) is 42.0 Å². The van der Waals surface area contributed by atoms with Crippen molar-refractivity contribution in [2.24, 2.45) is 0 Å². The Bertz CT molecular complexity index is 424. The summed E-state index contributed by atoms with van der Waals surface area (Å²) < 4.78 is 5.19. The molecule has 0 saturated heterocycles. The molecule has 0 aliphatic carbocycles. The summed E-state index contributed by atoms with van der Waals surface area (Å²) in [4.78, 5) is 13.8. The first-order valence-electron chi connectivity index (χ1n) is 6.15. The SMILES string of the molecule is C=C(C(=O)OCCN(C)C)c1ccccc1CC. The summed E-state index contributed by atoms with van der Waals surface area (Å²) >= 11 is 0. The fraction of sp³-hybridized carbons (Fsp3) is 0.400. The van der Waals surface area contributed by atoms with Crippen LogP contribution in [0.15, 0.2) is 30.8 Å². The Labute approximate surface area is 109 Å². The zero-order chi connectivity index (χ0) is 13.5. The highest BCUT2D eigenvalue weighted by molar-refractivity contribution is 6.16. The van der Waals surface area contributed by atoms with Crippen molar-refractivity contribution in [2.45, 2.75) is 13.3 Å². The first-order valence-corrected chi connectivity index (χ1v) is 6.15. The largest absolute Gasteiger partial charge is 0.461 e. The van der Waals surface area contributed by atoms with E-state index in [0.717, 1.165) is 17.5 Å². The van der Waals surface area contributed by atoms with Crippen LogP contribution in [0.1, 0.15) is 18.1 Å². The van der Waals surface area contributed by atoms with Crippen molar-refractivity contribution in [3.8, 4) is 0 Å². The molecule has 1 rings (SSSR count). The van der Waals surface area contributed by atoms with Crippen LogP contribution in [-0.2, 0) is 16.0 Å². The molecule has 0 atom stereocenters. The number of rotatable bonds is 6. The van der Waals surface area contributed by atoms with Crippen LogP contribution >= 0.6 is 0 Å². The molecule has 0 spiro atoms. The first-order chi connectivity index (χ1) is 8.56. The zero-order valence-corrected chi connectivity index (χ0v) is 11.4. The van der Waals surface area contributed by atoms with Gasteiger partial charge in [-0.3, -0.25) is 0 Å². The number of carbonyl (C=O) groups excluding carboxylic acids is 1. The summed E-state index contributed by atoms with van der Waals surface area (Å²) in [6.07, 6.45) is 0.875. The lowest BCUT2D eigenvalue weighted by molar-refractivity contribution is -0.136. The number of aryl methyl sites for hydroxylation is 1. The van der Waals surface area contributed by atoms with Crippen LogP contribution in [0.4, 0.5) is 0 Å². The van der Waals surface area contributed by atoms with E-state index in [-0.39, 0.29) is 5.97 Å². The van der Waals surface area contributed by atoms with E-state index in [0.29, 0.717) is 18.7 Å². The smallest absolute Gasteiger partial charge is 0.338 e. The van der Waals surface area contributed by atoms with Gasteiger partial charge in [-0.1, -0.05) is 37.8 Å². The molecule has 0 N–H and O–H groups in total. The minimum atomic E-state index is -0.335. The molecule has 3 heteroatoms. The second-order valence-corrected chi connectivity index (χ2v) is 4.43. The van der Waals surface area contributed by atoms with Crippen LogP contribution in [-0.4, -0.2) is 38.1 Å². The van der Waals surface area contributed by atoms with E-state index in [9.17, 15) is 4.79 Å². The van der Waals surface area contributed by atoms with Crippen LogP contribution in [0.2, 0.25) is 0 Å². The van der Waals surface area contributed by atoms with Crippen molar-refractivity contribution in [1.29, 1.82) is 0 Å². The lowest BCUT2D eigenvalue weighted by Gasteiger charge is -2.12. The number of ether oxygens (including phenoxy) is 1. The molecule has 0 radical (unpaired) electrons. The molecule has 1 aromatic carbocycles. The van der Waals surface area contributed by atoms with Crippen molar-refractivity contribution < 1.29 is 9.53 Å². The van der Waals surface area contributed by atoms with E-state index in [1.165, 1.54) is 0 Å². The summed E-state index contributed by atoms with van der Waals surface area (Å²) in [5.74, 6) is -0.335. The van der Waals surface area contributed by atoms with Crippen molar-refractivity contribution in [1.82, 2.24) is 4.90 Å². The zero-order valence-electron chi connectivity index (χ0n) is 11.4. The van der Waals surface area contributed by atoms with Gasteiger partial charge in [-0.2, -0.15) is 0 Å². The molecule has 1 aromatic rings. The molecule has 0 heterocycles. The van der Waals surface area contributed by atoms with E-state index < -0.39 is 0 Å². The van der Waals surface area contributed by atoms with Crippen LogP contribution in [0.5, 0.6) is 0 Å². The van der Waals surface area contributed by atoms with Gasteiger partial charge in [0.25, 0.3) is 0 Å². The van der Waals surface area contributed by atoms with Crippen LogP contribution in [0, 0.1) is 0 Å². The number of benzene rings is 1. The van der Waals surface area contributed by atoms with Gasteiger partial charge in [0.15, 0.2) is 0 Å². The van der Waals surface area contributed by atoms with Crippen LogP contribution in [0.25, 0.3) is 5.57 Å². The average molecular weight is 247 g/mol. The van der Waals surface area contributed by atoms with Crippen LogP contribution in [0.3, 0.4) is 0 Å². The maximum Gasteiger partial charge on any atom is 0.338 e. The standard InChI is InChI=1S/C15H21NO2/c1-5-13-8-6-7-9-14(13)12(2)15(17)18-11-10-16(3)4/h6-9H,2,5,10-11H2,1,3-4H3. The molecule has 18 heavy (non-hydrogen) atoms. The van der Waals surface area contributed by atoms with E-state index in [4.69, 9.17) is 4.74 Å². The third-order valence-electron chi connectivity index (χ3n) is 2.74. The normalized spacial score (nSPS) is 10.4. The number of hydrogen-bond acceptors (Lipinski definition) is 3. The molecular weight excluding hydrogens is 226 g/mol. The first kappa shape index (κ1) is 14.5. The predicted octanol–water partition coefficient (Wildman–Crippen LogP) is 2.37. The number of carbonyl (C=O) groups is 1.